The van der Waals surface area contributed by atoms with Crippen LogP contribution in [0.15, 0.2) is 24.3 Å². The van der Waals surface area contributed by atoms with Crippen LogP contribution in [0, 0.1) is 30.6 Å². The monoisotopic (exact) mass is 324 g/mol. The Bertz CT molecular complexity index is 601. The smallest absolute Gasteiger partial charge is 0.255 e. The number of aliphatic hydroxyl groups is 1. The van der Waals surface area contributed by atoms with Crippen LogP contribution in [0.5, 0.6) is 0 Å². The molecule has 1 aliphatic heterocycles. The Balaban J connectivity index is 1.94. The first-order chi connectivity index (χ1) is 11.7. The van der Waals surface area contributed by atoms with Crippen molar-refractivity contribution >= 4 is 5.91 Å². The van der Waals surface area contributed by atoms with E-state index in [0.29, 0.717) is 11.5 Å². The Kier molecular flexibility index (Phi) is 6.88. The summed E-state index contributed by atoms with van der Waals surface area (Å²) in [6.07, 6.45) is 12.7. The SMILES string of the molecule is C#CCN(CC#C)C(=O)c1ccc(CN2CCC(CO)CC2)cc1. The number of terminal acetylenes is 2. The quantitative estimate of drug-likeness (QED) is 0.809. The predicted octanol–water partition coefficient (Wildman–Crippen LogP) is 1.60. The van der Waals surface area contributed by atoms with Crippen molar-refractivity contribution in [3.63, 3.8) is 0 Å². The average molecular weight is 324 g/mol. The molecule has 1 heterocycles. The number of rotatable bonds is 6. The molecule has 24 heavy (non-hydrogen) atoms. The van der Waals surface area contributed by atoms with Gasteiger partial charge in [-0.05, 0) is 49.5 Å². The Morgan fingerprint density at radius 3 is 2.25 bits per heavy atom. The summed E-state index contributed by atoms with van der Waals surface area (Å²) in [5.41, 5.74) is 1.78. The molecule has 0 aromatic heterocycles. The van der Waals surface area contributed by atoms with E-state index in [1.165, 1.54) is 10.5 Å². The molecule has 1 N–H and O–H groups in total. The van der Waals surface area contributed by atoms with Crippen LogP contribution in [0.1, 0.15) is 28.8 Å². The molecular weight excluding hydrogens is 300 g/mol. The summed E-state index contributed by atoms with van der Waals surface area (Å²) >= 11 is 0. The van der Waals surface area contributed by atoms with Crippen molar-refractivity contribution in [2.24, 2.45) is 5.92 Å². The van der Waals surface area contributed by atoms with Crippen molar-refractivity contribution in [1.82, 2.24) is 9.80 Å². The molecule has 0 radical (unpaired) electrons. The van der Waals surface area contributed by atoms with Gasteiger partial charge in [-0.25, -0.2) is 0 Å². The lowest BCUT2D eigenvalue weighted by Gasteiger charge is -2.31. The summed E-state index contributed by atoms with van der Waals surface area (Å²) < 4.78 is 0. The molecule has 1 aliphatic rings. The maximum Gasteiger partial charge on any atom is 0.255 e. The molecule has 0 saturated carbocycles. The largest absolute Gasteiger partial charge is 0.396 e. The normalized spacial score (nSPS) is 15.5. The molecule has 0 atom stereocenters. The number of benzene rings is 1. The molecule has 1 amide bonds. The van der Waals surface area contributed by atoms with E-state index in [0.717, 1.165) is 32.5 Å². The number of nitrogens with zero attached hydrogens (tertiary/aromatic N) is 2. The summed E-state index contributed by atoms with van der Waals surface area (Å²) in [5, 5.41) is 9.19. The highest BCUT2D eigenvalue weighted by Crippen LogP contribution is 2.18. The van der Waals surface area contributed by atoms with Gasteiger partial charge in [-0.1, -0.05) is 24.0 Å². The molecule has 126 valence electrons. The molecule has 4 heteroatoms. The van der Waals surface area contributed by atoms with Crippen molar-refractivity contribution in [1.29, 1.82) is 0 Å². The van der Waals surface area contributed by atoms with E-state index in [9.17, 15) is 9.90 Å². The van der Waals surface area contributed by atoms with E-state index in [2.05, 4.69) is 16.7 Å². The van der Waals surface area contributed by atoms with Gasteiger partial charge in [-0.2, -0.15) is 0 Å². The van der Waals surface area contributed by atoms with Crippen LogP contribution in [0.3, 0.4) is 0 Å². The van der Waals surface area contributed by atoms with Gasteiger partial charge < -0.3 is 10.0 Å². The standard InChI is InChI=1S/C20H24N2O2/c1-3-11-22(12-4-2)20(24)19-7-5-17(6-8-19)15-21-13-9-18(16-23)10-14-21/h1-2,5-8,18,23H,9-16H2. The lowest BCUT2D eigenvalue weighted by atomic mass is 9.97. The first-order valence-electron chi connectivity index (χ1n) is 8.26. The van der Waals surface area contributed by atoms with Crippen LogP contribution >= 0.6 is 0 Å². The third kappa shape index (κ3) is 4.86. The molecule has 4 nitrogen and oxygen atoms in total. The Labute approximate surface area is 144 Å². The van der Waals surface area contributed by atoms with Crippen LogP contribution in [-0.2, 0) is 6.54 Å². The van der Waals surface area contributed by atoms with E-state index in [1.807, 2.05) is 24.3 Å². The van der Waals surface area contributed by atoms with Crippen LogP contribution < -0.4 is 0 Å². The highest BCUT2D eigenvalue weighted by Gasteiger charge is 2.19. The van der Waals surface area contributed by atoms with E-state index in [1.54, 1.807) is 0 Å². The highest BCUT2D eigenvalue weighted by atomic mass is 16.3. The third-order valence-electron chi connectivity index (χ3n) is 4.42. The third-order valence-corrected chi connectivity index (χ3v) is 4.42. The maximum absolute atomic E-state index is 12.4. The van der Waals surface area contributed by atoms with Gasteiger partial charge in [-0.15, -0.1) is 12.8 Å². The minimum atomic E-state index is -0.138. The van der Waals surface area contributed by atoms with Crippen LogP contribution in [0.4, 0.5) is 0 Å². The summed E-state index contributed by atoms with van der Waals surface area (Å²) in [5.74, 6) is 5.23. The van der Waals surface area contributed by atoms with Crippen LogP contribution in [0.25, 0.3) is 0 Å². The molecule has 1 aromatic carbocycles. The van der Waals surface area contributed by atoms with Crippen molar-refractivity contribution in [2.45, 2.75) is 19.4 Å². The topological polar surface area (TPSA) is 43.8 Å². The zero-order valence-electron chi connectivity index (χ0n) is 13.9. The highest BCUT2D eigenvalue weighted by molar-refractivity contribution is 5.94. The van der Waals surface area contributed by atoms with Gasteiger partial charge in [0, 0.05) is 18.7 Å². The first kappa shape index (κ1) is 18.1. The lowest BCUT2D eigenvalue weighted by molar-refractivity contribution is 0.0796. The summed E-state index contributed by atoms with van der Waals surface area (Å²) in [6.45, 7) is 3.59. The minimum Gasteiger partial charge on any atom is -0.396 e. The number of hydrogen-bond donors (Lipinski definition) is 1. The number of hydrogen-bond acceptors (Lipinski definition) is 3. The van der Waals surface area contributed by atoms with Gasteiger partial charge in [0.25, 0.3) is 5.91 Å². The molecular formula is C20H24N2O2. The number of likely N-dealkylation sites (tertiary alicyclic amines) is 1. The van der Waals surface area contributed by atoms with Gasteiger partial charge >= 0.3 is 0 Å². The van der Waals surface area contributed by atoms with Gasteiger partial charge in [0.05, 0.1) is 13.1 Å². The number of carbonyl (C=O) groups is 1. The number of amides is 1. The molecule has 1 fully saturated rings. The van der Waals surface area contributed by atoms with E-state index < -0.39 is 0 Å². The van der Waals surface area contributed by atoms with E-state index in [-0.39, 0.29) is 25.6 Å². The lowest BCUT2D eigenvalue weighted by Crippen LogP contribution is -2.34. The fraction of sp³-hybridized carbons (Fsp3) is 0.450. The molecule has 0 aliphatic carbocycles. The Morgan fingerprint density at radius 2 is 1.75 bits per heavy atom. The predicted molar refractivity (Wildman–Crippen MR) is 95.1 cm³/mol. The zero-order valence-corrected chi connectivity index (χ0v) is 13.9. The fourth-order valence-corrected chi connectivity index (χ4v) is 2.94. The van der Waals surface area contributed by atoms with Crippen molar-refractivity contribution in [3.8, 4) is 24.7 Å². The zero-order chi connectivity index (χ0) is 17.4. The average Bonchev–Trinajstić information content (AvgIpc) is 2.62. The minimum absolute atomic E-state index is 0.138. The van der Waals surface area contributed by atoms with Crippen molar-refractivity contribution in [2.75, 3.05) is 32.8 Å². The summed E-state index contributed by atoms with van der Waals surface area (Å²) in [6, 6.07) is 7.63. The van der Waals surface area contributed by atoms with Gasteiger partial charge in [0.2, 0.25) is 0 Å². The fourth-order valence-electron chi connectivity index (χ4n) is 2.94. The molecule has 0 spiro atoms. The second-order valence-corrected chi connectivity index (χ2v) is 6.17. The number of carbonyl (C=O) groups excluding carboxylic acids is 1. The van der Waals surface area contributed by atoms with Crippen LogP contribution in [-0.4, -0.2) is 53.6 Å². The van der Waals surface area contributed by atoms with Crippen molar-refractivity contribution in [3.05, 3.63) is 35.4 Å². The number of aliphatic hydroxyl groups excluding tert-OH is 1. The number of piperidine rings is 1. The van der Waals surface area contributed by atoms with E-state index in [4.69, 9.17) is 12.8 Å². The molecule has 1 saturated heterocycles. The molecule has 1 aromatic rings. The second-order valence-electron chi connectivity index (χ2n) is 6.17. The molecule has 0 bridgehead atoms. The Hall–Kier alpha value is -2.27. The first-order valence-corrected chi connectivity index (χ1v) is 8.26. The van der Waals surface area contributed by atoms with Gasteiger partial charge in [-0.3, -0.25) is 9.69 Å². The summed E-state index contributed by atoms with van der Waals surface area (Å²) in [7, 11) is 0. The molecule has 2 rings (SSSR count). The van der Waals surface area contributed by atoms with Gasteiger partial charge in [0.15, 0.2) is 0 Å². The van der Waals surface area contributed by atoms with Gasteiger partial charge in [0.1, 0.15) is 0 Å². The Morgan fingerprint density at radius 1 is 1.17 bits per heavy atom. The van der Waals surface area contributed by atoms with Crippen LogP contribution in [0.2, 0.25) is 0 Å². The van der Waals surface area contributed by atoms with Crippen molar-refractivity contribution < 1.29 is 9.90 Å². The maximum atomic E-state index is 12.4. The summed E-state index contributed by atoms with van der Waals surface area (Å²) in [4.78, 5) is 16.3. The second kappa shape index (κ2) is 9.13. The molecule has 0 unspecified atom stereocenters. The van der Waals surface area contributed by atoms with E-state index >= 15 is 0 Å².